The van der Waals surface area contributed by atoms with Gasteiger partial charge in [-0.05, 0) is 25.7 Å². The van der Waals surface area contributed by atoms with Crippen LogP contribution >= 0.6 is 0 Å². The van der Waals surface area contributed by atoms with Crippen molar-refractivity contribution in [2.24, 2.45) is 5.92 Å². The SMILES string of the molecule is CCc1oc(C(=O)NCC(C)(O)CCC(C)C)cc1C(=O)O. The van der Waals surface area contributed by atoms with Crippen molar-refractivity contribution in [3.05, 3.63) is 23.2 Å². The molecule has 0 saturated carbocycles. The van der Waals surface area contributed by atoms with Crippen molar-refractivity contribution in [3.63, 3.8) is 0 Å². The van der Waals surface area contributed by atoms with Gasteiger partial charge in [0.15, 0.2) is 5.76 Å². The minimum Gasteiger partial charge on any atom is -0.478 e. The maximum absolute atomic E-state index is 12.0. The number of aryl methyl sites for hydroxylation is 1. The molecule has 0 spiro atoms. The number of carboxylic acids is 1. The first kappa shape index (κ1) is 18.2. The zero-order valence-electron chi connectivity index (χ0n) is 13.6. The van der Waals surface area contributed by atoms with Gasteiger partial charge < -0.3 is 19.9 Å². The Morgan fingerprint density at radius 3 is 2.50 bits per heavy atom. The summed E-state index contributed by atoms with van der Waals surface area (Å²) in [4.78, 5) is 23.1. The summed E-state index contributed by atoms with van der Waals surface area (Å²) in [7, 11) is 0. The summed E-state index contributed by atoms with van der Waals surface area (Å²) in [5.41, 5.74) is -1.00. The molecule has 1 amide bonds. The number of rotatable bonds is 8. The number of furan rings is 1. The molecule has 1 aromatic heterocycles. The molecule has 0 aliphatic heterocycles. The number of aliphatic hydroxyl groups is 1. The summed E-state index contributed by atoms with van der Waals surface area (Å²) < 4.78 is 5.28. The number of nitrogens with one attached hydrogen (secondary N) is 1. The van der Waals surface area contributed by atoms with Crippen molar-refractivity contribution in [1.29, 1.82) is 0 Å². The summed E-state index contributed by atoms with van der Waals surface area (Å²) in [5, 5.41) is 21.8. The lowest BCUT2D eigenvalue weighted by Gasteiger charge is -2.24. The molecule has 0 aromatic carbocycles. The number of aromatic carboxylic acids is 1. The molecule has 0 aliphatic rings. The molecule has 0 aliphatic carbocycles. The summed E-state index contributed by atoms with van der Waals surface area (Å²) >= 11 is 0. The van der Waals surface area contributed by atoms with Crippen molar-refractivity contribution in [3.8, 4) is 0 Å². The molecular formula is C16H25NO5. The molecule has 6 heteroatoms. The van der Waals surface area contributed by atoms with Gasteiger partial charge in [-0.15, -0.1) is 0 Å². The topological polar surface area (TPSA) is 99.8 Å². The highest BCUT2D eigenvalue weighted by Crippen LogP contribution is 2.18. The van der Waals surface area contributed by atoms with Crippen LogP contribution in [0, 0.1) is 5.92 Å². The van der Waals surface area contributed by atoms with Crippen molar-refractivity contribution in [2.45, 2.75) is 52.6 Å². The number of carbonyl (C=O) groups is 2. The monoisotopic (exact) mass is 311 g/mol. The highest BCUT2D eigenvalue weighted by atomic mass is 16.4. The van der Waals surface area contributed by atoms with Crippen LogP contribution in [0.25, 0.3) is 0 Å². The molecule has 0 bridgehead atoms. The van der Waals surface area contributed by atoms with Crippen molar-refractivity contribution in [2.75, 3.05) is 6.54 Å². The normalized spacial score (nSPS) is 13.9. The summed E-state index contributed by atoms with van der Waals surface area (Å²) in [6.45, 7) is 7.64. The molecular weight excluding hydrogens is 286 g/mol. The Hall–Kier alpha value is -1.82. The zero-order chi connectivity index (χ0) is 16.9. The van der Waals surface area contributed by atoms with Gasteiger partial charge in [-0.2, -0.15) is 0 Å². The van der Waals surface area contributed by atoms with Crippen LogP contribution in [0.3, 0.4) is 0 Å². The standard InChI is InChI=1S/C16H25NO5/c1-5-12-11(15(19)20)8-13(22-12)14(18)17-9-16(4,21)7-6-10(2)3/h8,10,21H,5-7,9H2,1-4H3,(H,17,18)(H,19,20). The van der Waals surface area contributed by atoms with Gasteiger partial charge in [0.05, 0.1) is 5.60 Å². The highest BCUT2D eigenvalue weighted by Gasteiger charge is 2.24. The Balaban J connectivity index is 2.67. The summed E-state index contributed by atoms with van der Waals surface area (Å²) in [6, 6.07) is 1.22. The number of amides is 1. The second-order valence-electron chi connectivity index (χ2n) is 6.22. The fraction of sp³-hybridized carbons (Fsp3) is 0.625. The van der Waals surface area contributed by atoms with Crippen molar-refractivity contribution >= 4 is 11.9 Å². The van der Waals surface area contributed by atoms with Crippen LogP contribution in [-0.4, -0.2) is 34.2 Å². The van der Waals surface area contributed by atoms with Gasteiger partial charge in [-0.1, -0.05) is 20.8 Å². The first-order valence-electron chi connectivity index (χ1n) is 7.53. The average Bonchev–Trinajstić information content (AvgIpc) is 2.87. The van der Waals surface area contributed by atoms with Crippen LogP contribution in [0.15, 0.2) is 10.5 Å². The van der Waals surface area contributed by atoms with Crippen molar-refractivity contribution in [1.82, 2.24) is 5.32 Å². The predicted octanol–water partition coefficient (Wildman–Crippen LogP) is 2.46. The summed E-state index contributed by atoms with van der Waals surface area (Å²) in [5.74, 6) is -0.953. The van der Waals surface area contributed by atoms with Gasteiger partial charge in [0.2, 0.25) is 0 Å². The van der Waals surface area contributed by atoms with Crippen LogP contribution in [0.1, 0.15) is 67.2 Å². The molecule has 0 fully saturated rings. The zero-order valence-corrected chi connectivity index (χ0v) is 13.6. The van der Waals surface area contributed by atoms with Crippen LogP contribution in [0.2, 0.25) is 0 Å². The lowest BCUT2D eigenvalue weighted by molar-refractivity contribution is 0.0423. The maximum atomic E-state index is 12.0. The van der Waals surface area contributed by atoms with Crippen LogP contribution in [0.5, 0.6) is 0 Å². The Morgan fingerprint density at radius 2 is 2.05 bits per heavy atom. The Labute approximate surface area is 130 Å². The summed E-state index contributed by atoms with van der Waals surface area (Å²) in [6.07, 6.45) is 1.82. The van der Waals surface area contributed by atoms with Crippen LogP contribution in [-0.2, 0) is 6.42 Å². The van der Waals surface area contributed by atoms with E-state index in [2.05, 4.69) is 19.2 Å². The van der Waals surface area contributed by atoms with Gasteiger partial charge in [-0.3, -0.25) is 4.79 Å². The van der Waals surface area contributed by atoms with Gasteiger partial charge in [0.1, 0.15) is 11.3 Å². The number of carboxylic acid groups (broad SMARTS) is 1. The third kappa shape index (κ3) is 5.18. The van der Waals surface area contributed by atoms with E-state index in [1.54, 1.807) is 13.8 Å². The molecule has 0 radical (unpaired) electrons. The van der Waals surface area contributed by atoms with E-state index in [0.717, 1.165) is 6.42 Å². The quantitative estimate of drug-likeness (QED) is 0.685. The van der Waals surface area contributed by atoms with Crippen molar-refractivity contribution < 1.29 is 24.2 Å². The fourth-order valence-electron chi connectivity index (χ4n) is 2.03. The number of hydrogen-bond donors (Lipinski definition) is 3. The molecule has 1 aromatic rings. The van der Waals surface area contributed by atoms with E-state index in [9.17, 15) is 14.7 Å². The lowest BCUT2D eigenvalue weighted by Crippen LogP contribution is -2.40. The predicted molar refractivity (Wildman–Crippen MR) is 82.1 cm³/mol. The van der Waals surface area contributed by atoms with E-state index >= 15 is 0 Å². The first-order chi connectivity index (χ1) is 10.2. The smallest absolute Gasteiger partial charge is 0.339 e. The lowest BCUT2D eigenvalue weighted by atomic mass is 9.95. The largest absolute Gasteiger partial charge is 0.478 e. The highest BCUT2D eigenvalue weighted by molar-refractivity contribution is 5.96. The first-order valence-corrected chi connectivity index (χ1v) is 7.53. The van der Waals surface area contributed by atoms with E-state index in [1.165, 1.54) is 6.07 Å². The second kappa shape index (κ2) is 7.45. The fourth-order valence-corrected chi connectivity index (χ4v) is 2.03. The molecule has 3 N–H and O–H groups in total. The van der Waals surface area contributed by atoms with E-state index < -0.39 is 17.5 Å². The molecule has 22 heavy (non-hydrogen) atoms. The Morgan fingerprint density at radius 1 is 1.41 bits per heavy atom. The third-order valence-corrected chi connectivity index (χ3v) is 3.47. The van der Waals surface area contributed by atoms with E-state index in [1.807, 2.05) is 0 Å². The number of carbonyl (C=O) groups excluding carboxylic acids is 1. The van der Waals surface area contributed by atoms with Gasteiger partial charge >= 0.3 is 5.97 Å². The maximum Gasteiger partial charge on any atom is 0.339 e. The molecule has 1 rings (SSSR count). The van der Waals surface area contributed by atoms with E-state index in [0.29, 0.717) is 18.8 Å². The molecule has 1 heterocycles. The van der Waals surface area contributed by atoms with E-state index in [4.69, 9.17) is 9.52 Å². The Bertz CT molecular complexity index is 531. The van der Waals surface area contributed by atoms with Crippen LogP contribution in [0.4, 0.5) is 0 Å². The van der Waals surface area contributed by atoms with E-state index in [-0.39, 0.29) is 23.6 Å². The Kier molecular flexibility index (Phi) is 6.17. The second-order valence-corrected chi connectivity index (χ2v) is 6.22. The van der Waals surface area contributed by atoms with Gasteiger partial charge in [0, 0.05) is 19.0 Å². The van der Waals surface area contributed by atoms with Crippen LogP contribution < -0.4 is 5.32 Å². The van der Waals surface area contributed by atoms with Gasteiger partial charge in [0.25, 0.3) is 5.91 Å². The third-order valence-electron chi connectivity index (χ3n) is 3.47. The minimum absolute atomic E-state index is 0.000724. The molecule has 1 atom stereocenters. The number of hydrogen-bond acceptors (Lipinski definition) is 4. The average molecular weight is 311 g/mol. The molecule has 1 unspecified atom stereocenters. The molecule has 0 saturated heterocycles. The van der Waals surface area contributed by atoms with Gasteiger partial charge in [-0.25, -0.2) is 4.79 Å². The molecule has 6 nitrogen and oxygen atoms in total. The molecule has 124 valence electrons. The minimum atomic E-state index is -1.12.